The van der Waals surface area contributed by atoms with E-state index in [1.165, 1.54) is 11.3 Å². The standard InChI is InChI=1S/C15H21NO2/c1-11-12(2)16(9-8-15(11)17)14-6-4-13(5-7-14)10-18-3/h4-7,11-12H,8-10H2,1-3H3. The highest BCUT2D eigenvalue weighted by molar-refractivity contribution is 5.84. The zero-order chi connectivity index (χ0) is 13.1. The van der Waals surface area contributed by atoms with Crippen molar-refractivity contribution in [3.05, 3.63) is 29.8 Å². The SMILES string of the molecule is COCc1ccc(N2CCC(=O)C(C)C2C)cc1. The summed E-state index contributed by atoms with van der Waals surface area (Å²) >= 11 is 0. The number of nitrogens with zero attached hydrogens (tertiary/aromatic N) is 1. The van der Waals surface area contributed by atoms with Crippen LogP contribution in [0.2, 0.25) is 0 Å². The van der Waals surface area contributed by atoms with Gasteiger partial charge < -0.3 is 9.64 Å². The molecule has 1 heterocycles. The maximum Gasteiger partial charge on any atom is 0.139 e. The van der Waals surface area contributed by atoms with E-state index in [0.29, 0.717) is 18.8 Å². The molecular formula is C15H21NO2. The van der Waals surface area contributed by atoms with Crippen LogP contribution >= 0.6 is 0 Å². The van der Waals surface area contributed by atoms with Gasteiger partial charge >= 0.3 is 0 Å². The van der Waals surface area contributed by atoms with E-state index in [4.69, 9.17) is 4.74 Å². The molecule has 0 aromatic heterocycles. The van der Waals surface area contributed by atoms with Gasteiger partial charge in [0.25, 0.3) is 0 Å². The Morgan fingerprint density at radius 1 is 1.28 bits per heavy atom. The van der Waals surface area contributed by atoms with E-state index in [9.17, 15) is 4.79 Å². The summed E-state index contributed by atoms with van der Waals surface area (Å²) in [4.78, 5) is 14.0. The summed E-state index contributed by atoms with van der Waals surface area (Å²) in [5.41, 5.74) is 2.37. The molecule has 0 radical (unpaired) electrons. The van der Waals surface area contributed by atoms with Crippen molar-refractivity contribution in [2.75, 3.05) is 18.6 Å². The molecule has 0 N–H and O–H groups in total. The molecule has 1 aromatic carbocycles. The Morgan fingerprint density at radius 2 is 1.94 bits per heavy atom. The average molecular weight is 247 g/mol. The number of benzene rings is 1. The van der Waals surface area contributed by atoms with Crippen LogP contribution in [-0.2, 0) is 16.1 Å². The van der Waals surface area contributed by atoms with Crippen molar-refractivity contribution >= 4 is 11.5 Å². The van der Waals surface area contributed by atoms with Crippen molar-refractivity contribution in [2.45, 2.75) is 32.9 Å². The maximum absolute atomic E-state index is 11.7. The lowest BCUT2D eigenvalue weighted by Crippen LogP contribution is -2.46. The lowest BCUT2D eigenvalue weighted by Gasteiger charge is -2.38. The predicted octanol–water partition coefficient (Wildman–Crippen LogP) is 2.64. The number of anilines is 1. The Bertz CT molecular complexity index is 413. The van der Waals surface area contributed by atoms with Crippen molar-refractivity contribution < 1.29 is 9.53 Å². The van der Waals surface area contributed by atoms with Crippen LogP contribution < -0.4 is 4.90 Å². The molecule has 2 rings (SSSR count). The van der Waals surface area contributed by atoms with Gasteiger partial charge in [0.05, 0.1) is 6.61 Å². The van der Waals surface area contributed by atoms with Crippen LogP contribution in [0.1, 0.15) is 25.8 Å². The van der Waals surface area contributed by atoms with Gasteiger partial charge in [-0.2, -0.15) is 0 Å². The summed E-state index contributed by atoms with van der Waals surface area (Å²) < 4.78 is 5.11. The van der Waals surface area contributed by atoms with Crippen LogP contribution in [0, 0.1) is 5.92 Å². The second-order valence-electron chi connectivity index (χ2n) is 5.04. The first-order valence-corrected chi connectivity index (χ1v) is 6.50. The number of Topliss-reactive ketones (excluding diaryl/α,β-unsaturated/α-hetero) is 1. The minimum Gasteiger partial charge on any atom is -0.380 e. The molecule has 18 heavy (non-hydrogen) atoms. The van der Waals surface area contributed by atoms with Gasteiger partial charge in [0.15, 0.2) is 0 Å². The second kappa shape index (κ2) is 5.53. The Labute approximate surface area is 109 Å². The topological polar surface area (TPSA) is 29.5 Å². The summed E-state index contributed by atoms with van der Waals surface area (Å²) in [5.74, 6) is 0.507. The Hall–Kier alpha value is -1.35. The summed E-state index contributed by atoms with van der Waals surface area (Å²) in [5, 5.41) is 0. The third-order valence-electron chi connectivity index (χ3n) is 3.90. The van der Waals surface area contributed by atoms with E-state index in [1.807, 2.05) is 6.92 Å². The maximum atomic E-state index is 11.7. The van der Waals surface area contributed by atoms with E-state index < -0.39 is 0 Å². The van der Waals surface area contributed by atoms with Crippen molar-refractivity contribution in [3.8, 4) is 0 Å². The van der Waals surface area contributed by atoms with Gasteiger partial charge in [0.2, 0.25) is 0 Å². The minimum absolute atomic E-state index is 0.123. The highest BCUT2D eigenvalue weighted by Gasteiger charge is 2.30. The monoisotopic (exact) mass is 247 g/mol. The zero-order valence-corrected chi connectivity index (χ0v) is 11.3. The quantitative estimate of drug-likeness (QED) is 0.822. The lowest BCUT2D eigenvalue weighted by molar-refractivity contribution is -0.123. The lowest BCUT2D eigenvalue weighted by atomic mass is 9.90. The van der Waals surface area contributed by atoms with Gasteiger partial charge in [-0.3, -0.25) is 4.79 Å². The van der Waals surface area contributed by atoms with Gasteiger partial charge in [0.1, 0.15) is 5.78 Å². The van der Waals surface area contributed by atoms with E-state index in [0.717, 1.165) is 6.54 Å². The molecule has 98 valence electrons. The molecule has 1 aliphatic rings. The minimum atomic E-state index is 0.123. The summed E-state index contributed by atoms with van der Waals surface area (Å²) in [7, 11) is 1.70. The van der Waals surface area contributed by atoms with E-state index in [2.05, 4.69) is 36.1 Å². The number of hydrogen-bond acceptors (Lipinski definition) is 3. The molecule has 0 saturated carbocycles. The third kappa shape index (κ3) is 2.56. The molecule has 0 amide bonds. The molecule has 2 atom stereocenters. The van der Waals surface area contributed by atoms with Crippen LogP contribution in [0.3, 0.4) is 0 Å². The number of ether oxygens (including phenoxy) is 1. The fraction of sp³-hybridized carbons (Fsp3) is 0.533. The van der Waals surface area contributed by atoms with Crippen LogP contribution in [0.4, 0.5) is 5.69 Å². The van der Waals surface area contributed by atoms with Crippen molar-refractivity contribution in [3.63, 3.8) is 0 Å². The molecular weight excluding hydrogens is 226 g/mol. The highest BCUT2D eigenvalue weighted by atomic mass is 16.5. The molecule has 1 aliphatic heterocycles. The number of piperidine rings is 1. The third-order valence-corrected chi connectivity index (χ3v) is 3.90. The van der Waals surface area contributed by atoms with Crippen LogP contribution in [0.25, 0.3) is 0 Å². The van der Waals surface area contributed by atoms with Crippen LogP contribution in [0.5, 0.6) is 0 Å². The summed E-state index contributed by atoms with van der Waals surface area (Å²) in [6.45, 7) is 5.63. The summed E-state index contributed by atoms with van der Waals surface area (Å²) in [6, 6.07) is 8.69. The zero-order valence-electron chi connectivity index (χ0n) is 11.3. The first-order chi connectivity index (χ1) is 8.63. The molecule has 0 bridgehead atoms. The largest absolute Gasteiger partial charge is 0.380 e. The molecule has 1 saturated heterocycles. The average Bonchev–Trinajstić information content (AvgIpc) is 2.38. The van der Waals surface area contributed by atoms with E-state index in [-0.39, 0.29) is 12.0 Å². The van der Waals surface area contributed by atoms with Crippen molar-refractivity contribution in [1.82, 2.24) is 0 Å². The number of methoxy groups -OCH3 is 1. The number of carbonyl (C=O) groups is 1. The molecule has 1 aromatic rings. The normalized spacial score (nSPS) is 24.4. The Morgan fingerprint density at radius 3 is 2.56 bits per heavy atom. The first kappa shape index (κ1) is 13.1. The molecule has 3 heteroatoms. The fourth-order valence-electron chi connectivity index (χ4n) is 2.52. The fourth-order valence-corrected chi connectivity index (χ4v) is 2.52. The van der Waals surface area contributed by atoms with Crippen molar-refractivity contribution in [2.24, 2.45) is 5.92 Å². The number of carbonyl (C=O) groups excluding carboxylic acids is 1. The number of rotatable bonds is 3. The predicted molar refractivity (Wildman–Crippen MR) is 72.8 cm³/mol. The molecule has 2 unspecified atom stereocenters. The molecule has 0 aliphatic carbocycles. The number of ketones is 1. The van der Waals surface area contributed by atoms with Gasteiger partial charge in [-0.25, -0.2) is 0 Å². The highest BCUT2D eigenvalue weighted by Crippen LogP contribution is 2.26. The van der Waals surface area contributed by atoms with Crippen molar-refractivity contribution in [1.29, 1.82) is 0 Å². The smallest absolute Gasteiger partial charge is 0.139 e. The first-order valence-electron chi connectivity index (χ1n) is 6.50. The summed E-state index contributed by atoms with van der Waals surface area (Å²) in [6.07, 6.45) is 0.658. The number of hydrogen-bond donors (Lipinski definition) is 0. The van der Waals surface area contributed by atoms with E-state index >= 15 is 0 Å². The van der Waals surface area contributed by atoms with Gasteiger partial charge in [-0.15, -0.1) is 0 Å². The molecule has 0 spiro atoms. The Kier molecular flexibility index (Phi) is 4.02. The van der Waals surface area contributed by atoms with Gasteiger partial charge in [-0.1, -0.05) is 19.1 Å². The van der Waals surface area contributed by atoms with E-state index in [1.54, 1.807) is 7.11 Å². The van der Waals surface area contributed by atoms with Gasteiger partial charge in [-0.05, 0) is 24.6 Å². The van der Waals surface area contributed by atoms with Crippen LogP contribution in [-0.4, -0.2) is 25.5 Å². The molecule has 3 nitrogen and oxygen atoms in total. The van der Waals surface area contributed by atoms with Gasteiger partial charge in [0, 0.05) is 37.7 Å². The van der Waals surface area contributed by atoms with Crippen LogP contribution in [0.15, 0.2) is 24.3 Å². The molecule has 1 fully saturated rings. The Balaban J connectivity index is 2.13. The second-order valence-corrected chi connectivity index (χ2v) is 5.04.